The van der Waals surface area contributed by atoms with E-state index in [1.165, 1.54) is 24.3 Å². The van der Waals surface area contributed by atoms with Crippen LogP contribution in [-0.4, -0.2) is 4.98 Å². The Labute approximate surface area is 125 Å². The van der Waals surface area contributed by atoms with Crippen LogP contribution in [0.5, 0.6) is 0 Å². The minimum absolute atomic E-state index is 0.277. The van der Waals surface area contributed by atoms with Gasteiger partial charge in [0, 0.05) is 11.8 Å². The van der Waals surface area contributed by atoms with E-state index in [9.17, 15) is 8.78 Å². The summed E-state index contributed by atoms with van der Waals surface area (Å²) >= 11 is 5.29. The Morgan fingerprint density at radius 3 is 1.81 bits per heavy atom. The zero-order valence-electron chi connectivity index (χ0n) is 10.9. The predicted molar refractivity (Wildman–Crippen MR) is 82.4 cm³/mol. The van der Waals surface area contributed by atoms with Gasteiger partial charge in [0.05, 0.1) is 0 Å². The zero-order chi connectivity index (χ0) is 14.8. The highest BCUT2D eigenvalue weighted by Crippen LogP contribution is 2.26. The van der Waals surface area contributed by atoms with Crippen LogP contribution in [0.4, 0.5) is 8.78 Å². The van der Waals surface area contributed by atoms with E-state index in [0.717, 1.165) is 22.3 Å². The minimum Gasteiger partial charge on any atom is -0.352 e. The second-order valence-electron chi connectivity index (χ2n) is 4.64. The first kappa shape index (κ1) is 13.6. The maximum Gasteiger partial charge on any atom is 0.123 e. The first-order chi connectivity index (χ1) is 10.1. The third kappa shape index (κ3) is 2.90. The Hall–Kier alpha value is -2.33. The average molecular weight is 299 g/mol. The number of hydrogen-bond donors (Lipinski definition) is 1. The summed E-state index contributed by atoms with van der Waals surface area (Å²) in [5, 5.41) is 0. The third-order valence-electron chi connectivity index (χ3n) is 3.24. The van der Waals surface area contributed by atoms with Crippen LogP contribution in [-0.2, 0) is 0 Å². The number of rotatable bonds is 2. The van der Waals surface area contributed by atoms with Gasteiger partial charge in [-0.15, -0.1) is 0 Å². The molecule has 104 valence electrons. The highest BCUT2D eigenvalue weighted by atomic mass is 32.1. The fourth-order valence-corrected chi connectivity index (χ4v) is 2.37. The molecule has 0 bridgehead atoms. The monoisotopic (exact) mass is 299 g/mol. The van der Waals surface area contributed by atoms with E-state index in [-0.39, 0.29) is 11.6 Å². The van der Waals surface area contributed by atoms with Crippen LogP contribution in [0, 0.1) is 16.3 Å². The van der Waals surface area contributed by atoms with Crippen molar-refractivity contribution in [3.05, 3.63) is 77.1 Å². The molecule has 0 unspecified atom stereocenters. The molecule has 3 aromatic rings. The number of hydrogen-bond acceptors (Lipinski definition) is 1. The smallest absolute Gasteiger partial charge is 0.123 e. The highest BCUT2D eigenvalue weighted by Gasteiger charge is 2.05. The lowest BCUT2D eigenvalue weighted by molar-refractivity contribution is 0.627. The lowest BCUT2D eigenvalue weighted by Crippen LogP contribution is -1.87. The molecular formula is C17H11F2NS. The van der Waals surface area contributed by atoms with Gasteiger partial charge in [-0.25, -0.2) is 8.78 Å². The number of benzene rings is 2. The minimum atomic E-state index is -0.289. The number of halogens is 2. The largest absolute Gasteiger partial charge is 0.352 e. The van der Waals surface area contributed by atoms with Crippen LogP contribution in [0.2, 0.25) is 0 Å². The number of H-pyrrole nitrogens is 1. The number of pyridine rings is 1. The molecule has 0 fully saturated rings. The van der Waals surface area contributed by atoms with Gasteiger partial charge in [0.25, 0.3) is 0 Å². The fraction of sp³-hybridized carbons (Fsp3) is 0. The van der Waals surface area contributed by atoms with Gasteiger partial charge in [0.1, 0.15) is 16.3 Å². The van der Waals surface area contributed by atoms with E-state index in [1.54, 1.807) is 30.5 Å². The first-order valence-corrected chi connectivity index (χ1v) is 6.79. The second kappa shape index (κ2) is 5.58. The Balaban J connectivity index is 2.10. The molecule has 0 spiro atoms. The van der Waals surface area contributed by atoms with Gasteiger partial charge in [-0.05, 0) is 47.0 Å². The molecule has 2 aromatic carbocycles. The average Bonchev–Trinajstić information content (AvgIpc) is 2.50. The summed E-state index contributed by atoms with van der Waals surface area (Å²) in [4.78, 5) is 3.02. The van der Waals surface area contributed by atoms with E-state index in [0.29, 0.717) is 4.64 Å². The third-order valence-corrected chi connectivity index (χ3v) is 3.57. The van der Waals surface area contributed by atoms with Crippen LogP contribution >= 0.6 is 12.2 Å². The maximum absolute atomic E-state index is 13.0. The molecule has 1 nitrogen and oxygen atoms in total. The van der Waals surface area contributed by atoms with Gasteiger partial charge in [-0.3, -0.25) is 0 Å². The van der Waals surface area contributed by atoms with E-state index in [4.69, 9.17) is 12.2 Å². The summed E-state index contributed by atoms with van der Waals surface area (Å²) in [5.74, 6) is -0.565. The van der Waals surface area contributed by atoms with Gasteiger partial charge in [0.15, 0.2) is 0 Å². The molecule has 1 aromatic heterocycles. The van der Waals surface area contributed by atoms with Crippen molar-refractivity contribution in [3.8, 4) is 22.3 Å². The molecule has 4 heteroatoms. The van der Waals surface area contributed by atoms with Crippen molar-refractivity contribution in [3.63, 3.8) is 0 Å². The number of nitrogens with one attached hydrogen (secondary N) is 1. The molecule has 0 amide bonds. The molecule has 3 rings (SSSR count). The van der Waals surface area contributed by atoms with Crippen LogP contribution in [0.15, 0.2) is 60.8 Å². The van der Waals surface area contributed by atoms with Gasteiger partial charge >= 0.3 is 0 Å². The van der Waals surface area contributed by atoms with Gasteiger partial charge in [-0.2, -0.15) is 0 Å². The van der Waals surface area contributed by atoms with Crippen LogP contribution in [0.3, 0.4) is 0 Å². The van der Waals surface area contributed by atoms with Crippen LogP contribution in [0.25, 0.3) is 22.3 Å². The first-order valence-electron chi connectivity index (χ1n) is 6.38. The molecule has 0 aliphatic rings. The molecule has 0 saturated heterocycles. The SMILES string of the molecule is Fc1ccc(-c2c[nH]c(=S)c(-c3ccc(F)cc3)c2)cc1. The van der Waals surface area contributed by atoms with Crippen molar-refractivity contribution in [1.82, 2.24) is 4.98 Å². The number of aromatic amines is 1. The van der Waals surface area contributed by atoms with E-state index >= 15 is 0 Å². The molecular weight excluding hydrogens is 288 g/mol. The summed E-state index contributed by atoms with van der Waals surface area (Å²) < 4.78 is 26.6. The molecule has 0 atom stereocenters. The predicted octanol–water partition coefficient (Wildman–Crippen LogP) is 5.36. The summed E-state index contributed by atoms with van der Waals surface area (Å²) in [5.41, 5.74) is 3.42. The van der Waals surface area contributed by atoms with E-state index in [2.05, 4.69) is 4.98 Å². The lowest BCUT2D eigenvalue weighted by Gasteiger charge is -2.07. The summed E-state index contributed by atoms with van der Waals surface area (Å²) in [7, 11) is 0. The molecule has 0 saturated carbocycles. The molecule has 1 heterocycles. The van der Waals surface area contributed by atoms with Crippen LogP contribution in [0.1, 0.15) is 0 Å². The molecule has 0 aliphatic heterocycles. The Kier molecular flexibility index (Phi) is 3.62. The van der Waals surface area contributed by atoms with Gasteiger partial charge in [-0.1, -0.05) is 36.5 Å². The lowest BCUT2D eigenvalue weighted by atomic mass is 10.0. The maximum atomic E-state index is 13.0. The normalized spacial score (nSPS) is 10.6. The molecule has 1 N–H and O–H groups in total. The van der Waals surface area contributed by atoms with E-state index < -0.39 is 0 Å². The highest BCUT2D eigenvalue weighted by molar-refractivity contribution is 7.71. The molecule has 0 aliphatic carbocycles. The zero-order valence-corrected chi connectivity index (χ0v) is 11.8. The standard InChI is InChI=1S/C17H11F2NS/c18-14-5-1-11(2-6-14)13-9-16(17(21)20-10-13)12-3-7-15(19)8-4-12/h1-10H,(H,20,21). The van der Waals surface area contributed by atoms with Crippen molar-refractivity contribution in [2.75, 3.05) is 0 Å². The van der Waals surface area contributed by atoms with Crippen molar-refractivity contribution in [1.29, 1.82) is 0 Å². The van der Waals surface area contributed by atoms with Gasteiger partial charge in [0.2, 0.25) is 0 Å². The summed E-state index contributed by atoms with van der Waals surface area (Å²) in [6.07, 6.45) is 1.78. The van der Waals surface area contributed by atoms with Crippen molar-refractivity contribution in [2.45, 2.75) is 0 Å². The van der Waals surface area contributed by atoms with Crippen molar-refractivity contribution >= 4 is 12.2 Å². The summed E-state index contributed by atoms with van der Waals surface area (Å²) in [6, 6.07) is 14.3. The summed E-state index contributed by atoms with van der Waals surface area (Å²) in [6.45, 7) is 0. The fourth-order valence-electron chi connectivity index (χ4n) is 2.14. The molecule has 0 radical (unpaired) electrons. The Bertz CT molecular complexity index is 821. The molecule has 21 heavy (non-hydrogen) atoms. The van der Waals surface area contributed by atoms with E-state index in [1.807, 2.05) is 6.07 Å². The Morgan fingerprint density at radius 1 is 0.714 bits per heavy atom. The van der Waals surface area contributed by atoms with Crippen molar-refractivity contribution in [2.24, 2.45) is 0 Å². The number of aromatic nitrogens is 1. The second-order valence-corrected chi connectivity index (χ2v) is 5.05. The Morgan fingerprint density at radius 2 is 1.24 bits per heavy atom. The quantitative estimate of drug-likeness (QED) is 0.630. The van der Waals surface area contributed by atoms with Crippen molar-refractivity contribution < 1.29 is 8.78 Å². The topological polar surface area (TPSA) is 15.8 Å². The van der Waals surface area contributed by atoms with Crippen LogP contribution < -0.4 is 0 Å². The van der Waals surface area contributed by atoms with Gasteiger partial charge < -0.3 is 4.98 Å².